The fourth-order valence-corrected chi connectivity index (χ4v) is 10.3. The molecule has 5 aliphatic rings. The van der Waals surface area contributed by atoms with Crippen molar-refractivity contribution in [2.45, 2.75) is 44.6 Å². The second-order valence-corrected chi connectivity index (χ2v) is 13.2. The molecule has 3 aromatic rings. The topological polar surface area (TPSA) is 21.6 Å². The predicted molar refractivity (Wildman–Crippen MR) is 142 cm³/mol. The Hall–Kier alpha value is -2.44. The van der Waals surface area contributed by atoms with Crippen LogP contribution >= 0.6 is 7.92 Å². The van der Waals surface area contributed by atoms with Gasteiger partial charge in [-0.1, -0.05) is 84.9 Å². The lowest BCUT2D eigenvalue weighted by atomic mass is 9.49. The number of nitrogens with zero attached hydrogens (tertiary/aromatic N) is 1. The van der Waals surface area contributed by atoms with E-state index in [1.165, 1.54) is 60.0 Å². The molecule has 172 valence electrons. The van der Waals surface area contributed by atoms with Gasteiger partial charge >= 0.3 is 0 Å². The van der Waals surface area contributed by atoms with Gasteiger partial charge in [-0.25, -0.2) is 4.99 Å². The summed E-state index contributed by atoms with van der Waals surface area (Å²) in [4.78, 5) is 5.38. The molecule has 4 aliphatic carbocycles. The van der Waals surface area contributed by atoms with Gasteiger partial charge in [-0.15, -0.1) is 0 Å². The molecule has 1 atom stereocenters. The zero-order chi connectivity index (χ0) is 22.5. The van der Waals surface area contributed by atoms with Gasteiger partial charge < -0.3 is 4.74 Å². The lowest BCUT2D eigenvalue weighted by Crippen LogP contribution is -2.50. The molecule has 0 spiro atoms. The number of benzene rings is 3. The highest BCUT2D eigenvalue weighted by molar-refractivity contribution is 7.79. The van der Waals surface area contributed by atoms with E-state index >= 15 is 0 Å². The molecule has 1 aliphatic heterocycles. The number of aliphatic imine (C=N–C) groups is 1. The van der Waals surface area contributed by atoms with E-state index in [1.807, 2.05) is 0 Å². The van der Waals surface area contributed by atoms with Gasteiger partial charge in [0.2, 0.25) is 0 Å². The van der Waals surface area contributed by atoms with Gasteiger partial charge in [0.25, 0.3) is 0 Å². The summed E-state index contributed by atoms with van der Waals surface area (Å²) in [6, 6.07) is 31.1. The summed E-state index contributed by atoms with van der Waals surface area (Å²) in [7, 11) is -0.649. The lowest BCUT2D eigenvalue weighted by molar-refractivity contribution is -0.0226. The Labute approximate surface area is 204 Å². The van der Waals surface area contributed by atoms with Gasteiger partial charge in [0.15, 0.2) is 5.90 Å². The van der Waals surface area contributed by atoms with Crippen molar-refractivity contribution < 1.29 is 4.74 Å². The molecule has 34 heavy (non-hydrogen) atoms. The van der Waals surface area contributed by atoms with Crippen molar-refractivity contribution >= 4 is 29.7 Å². The lowest BCUT2D eigenvalue weighted by Gasteiger charge is -2.56. The van der Waals surface area contributed by atoms with Crippen LogP contribution in [0.2, 0.25) is 0 Å². The van der Waals surface area contributed by atoms with Gasteiger partial charge in [-0.3, -0.25) is 0 Å². The maximum Gasteiger partial charge on any atom is 0.190 e. The third-order valence-electron chi connectivity index (χ3n) is 8.71. The van der Waals surface area contributed by atoms with Crippen LogP contribution < -0.4 is 15.9 Å². The summed E-state index contributed by atoms with van der Waals surface area (Å²) < 4.78 is 6.51. The number of hydrogen-bond donors (Lipinski definition) is 0. The zero-order valence-corrected chi connectivity index (χ0v) is 20.5. The molecule has 4 bridgehead atoms. The van der Waals surface area contributed by atoms with E-state index < -0.39 is 7.92 Å². The van der Waals surface area contributed by atoms with Crippen LogP contribution in [0.15, 0.2) is 89.9 Å². The zero-order valence-electron chi connectivity index (χ0n) is 19.6. The smallest absolute Gasteiger partial charge is 0.190 e. The number of rotatable bonds is 5. The Morgan fingerprint density at radius 2 is 1.21 bits per heavy atom. The molecule has 8 rings (SSSR count). The molecule has 0 aromatic heterocycles. The number of hydrogen-bond acceptors (Lipinski definition) is 2. The molecule has 0 amide bonds. The third kappa shape index (κ3) is 3.54. The van der Waals surface area contributed by atoms with Gasteiger partial charge in [0.05, 0.1) is 0 Å². The Morgan fingerprint density at radius 1 is 0.676 bits per heavy atom. The minimum atomic E-state index is -0.649. The van der Waals surface area contributed by atoms with Crippen LogP contribution in [0, 0.1) is 23.2 Å². The van der Waals surface area contributed by atoms with Crippen molar-refractivity contribution in [3.8, 4) is 0 Å². The van der Waals surface area contributed by atoms with Crippen molar-refractivity contribution in [2.24, 2.45) is 28.2 Å². The largest absolute Gasteiger partial charge is 0.478 e. The SMILES string of the molecule is c1ccc(P(c2ccccc2)c2ccccc2[C@@H]2COC(C34CC5CC(CC(C5)C3)C4)=N2)cc1. The summed E-state index contributed by atoms with van der Waals surface area (Å²) in [6.07, 6.45) is 8.30. The highest BCUT2D eigenvalue weighted by Crippen LogP contribution is 2.61. The standard InChI is InChI=1S/C31H32NOP/c1-3-9-25(10-4-1)34(26-11-5-2-6-12-26)29-14-8-7-13-27(29)28-21-33-30(32-28)31-18-22-15-23(19-31)17-24(16-22)20-31/h1-14,22-24,28H,15-21H2/t22?,23?,24?,28-,31?/m0/s1. The maximum atomic E-state index is 6.51. The molecular weight excluding hydrogens is 433 g/mol. The second-order valence-electron chi connectivity index (χ2n) is 11.0. The van der Waals surface area contributed by atoms with Crippen LogP contribution in [0.1, 0.15) is 50.1 Å². The fraction of sp³-hybridized carbons (Fsp3) is 0.387. The first kappa shape index (κ1) is 20.9. The molecule has 3 heteroatoms. The molecular formula is C31H32NOP. The fourth-order valence-electron chi connectivity index (χ4n) is 7.75. The quantitative estimate of drug-likeness (QED) is 0.415. The normalized spacial score (nSPS) is 31.5. The van der Waals surface area contributed by atoms with E-state index in [2.05, 4.69) is 84.9 Å². The van der Waals surface area contributed by atoms with E-state index in [-0.39, 0.29) is 11.5 Å². The van der Waals surface area contributed by atoms with E-state index in [9.17, 15) is 0 Å². The monoisotopic (exact) mass is 465 g/mol. The van der Waals surface area contributed by atoms with Crippen LogP contribution in [-0.2, 0) is 4.74 Å². The van der Waals surface area contributed by atoms with E-state index in [0.717, 1.165) is 23.7 Å². The van der Waals surface area contributed by atoms with Crippen molar-refractivity contribution in [3.05, 3.63) is 90.5 Å². The third-order valence-corrected chi connectivity index (χ3v) is 11.2. The van der Waals surface area contributed by atoms with Gasteiger partial charge in [0, 0.05) is 5.41 Å². The molecule has 0 unspecified atom stereocenters. The Bertz CT molecular complexity index is 1130. The molecule has 4 fully saturated rings. The molecule has 1 heterocycles. The summed E-state index contributed by atoms with van der Waals surface area (Å²) in [5.41, 5.74) is 1.59. The van der Waals surface area contributed by atoms with E-state index in [4.69, 9.17) is 9.73 Å². The minimum Gasteiger partial charge on any atom is -0.478 e. The maximum absolute atomic E-state index is 6.51. The first-order chi connectivity index (χ1) is 16.8. The Kier molecular flexibility index (Phi) is 5.13. The summed E-state index contributed by atoms with van der Waals surface area (Å²) in [6.45, 7) is 0.695. The highest BCUT2D eigenvalue weighted by atomic mass is 31.1. The van der Waals surface area contributed by atoms with Crippen LogP contribution in [0.3, 0.4) is 0 Å². The molecule has 4 saturated carbocycles. The Balaban J connectivity index is 1.27. The van der Waals surface area contributed by atoms with Crippen LogP contribution in [0.25, 0.3) is 0 Å². The number of ether oxygens (including phenoxy) is 1. The molecule has 0 saturated heterocycles. The van der Waals surface area contributed by atoms with Gasteiger partial charge in [-0.2, -0.15) is 0 Å². The van der Waals surface area contributed by atoms with Crippen molar-refractivity contribution in [1.29, 1.82) is 0 Å². The average Bonchev–Trinajstić information content (AvgIpc) is 3.37. The van der Waals surface area contributed by atoms with Crippen molar-refractivity contribution in [3.63, 3.8) is 0 Å². The van der Waals surface area contributed by atoms with Crippen molar-refractivity contribution in [2.75, 3.05) is 6.61 Å². The van der Waals surface area contributed by atoms with Gasteiger partial charge in [-0.05, 0) is 85.7 Å². The van der Waals surface area contributed by atoms with Crippen molar-refractivity contribution in [1.82, 2.24) is 0 Å². The predicted octanol–water partition coefficient (Wildman–Crippen LogP) is 6.13. The molecule has 3 aromatic carbocycles. The van der Waals surface area contributed by atoms with E-state index in [0.29, 0.717) is 6.61 Å². The second kappa shape index (κ2) is 8.35. The average molecular weight is 466 g/mol. The van der Waals surface area contributed by atoms with Crippen LogP contribution in [0.4, 0.5) is 0 Å². The van der Waals surface area contributed by atoms with Crippen LogP contribution in [-0.4, -0.2) is 12.5 Å². The highest BCUT2D eigenvalue weighted by Gasteiger charge is 2.55. The van der Waals surface area contributed by atoms with Crippen LogP contribution in [0.5, 0.6) is 0 Å². The first-order valence-corrected chi connectivity index (χ1v) is 14.3. The summed E-state index contributed by atoms with van der Waals surface area (Å²) in [5, 5.41) is 4.19. The Morgan fingerprint density at radius 3 is 1.79 bits per heavy atom. The molecule has 2 nitrogen and oxygen atoms in total. The summed E-state index contributed by atoms with van der Waals surface area (Å²) in [5.74, 6) is 3.84. The minimum absolute atomic E-state index is 0.108. The molecule has 0 N–H and O–H groups in total. The van der Waals surface area contributed by atoms with E-state index in [1.54, 1.807) is 0 Å². The first-order valence-electron chi connectivity index (χ1n) is 13.0. The molecule has 0 radical (unpaired) electrons. The van der Waals surface area contributed by atoms with Gasteiger partial charge in [0.1, 0.15) is 12.6 Å². The summed E-state index contributed by atoms with van der Waals surface area (Å²) >= 11 is 0.